The number of hydrogen-bond donors (Lipinski definition) is 0. The molecule has 1 aliphatic heterocycles. The van der Waals surface area contributed by atoms with Gasteiger partial charge in [-0.05, 0) is 69.6 Å². The van der Waals surface area contributed by atoms with Crippen molar-refractivity contribution in [2.24, 2.45) is 0 Å². The van der Waals surface area contributed by atoms with Crippen molar-refractivity contribution in [1.82, 2.24) is 4.57 Å². The zero-order valence-electron chi connectivity index (χ0n) is 26.4. The predicted molar refractivity (Wildman–Crippen MR) is 203 cm³/mol. The van der Waals surface area contributed by atoms with Crippen LogP contribution in [-0.2, 0) is 0 Å². The summed E-state index contributed by atoms with van der Waals surface area (Å²) >= 11 is 0. The average Bonchev–Trinajstić information content (AvgIpc) is 3.68. The first-order chi connectivity index (χ1) is 23.8. The lowest BCUT2D eigenvalue weighted by Gasteiger charge is -2.28. The van der Waals surface area contributed by atoms with Crippen LogP contribution >= 0.6 is 0 Å². The van der Waals surface area contributed by atoms with Gasteiger partial charge < -0.3 is 9.47 Å². The van der Waals surface area contributed by atoms with Gasteiger partial charge in [0.2, 0.25) is 0 Å². The SMILES string of the molecule is C1=CC2c3c(-c4cccc5c4c4ccccc4n5-c4cccc5ccccc45)cccc3N(c3ccc(-c4ccccc4)cc3)C2C=C1. The molecule has 2 heterocycles. The first-order valence-electron chi connectivity index (χ1n) is 16.8. The fraction of sp³-hybridized carbons (Fsp3) is 0.0435. The molecular weight excluding hydrogens is 581 g/mol. The molecule has 0 amide bonds. The summed E-state index contributed by atoms with van der Waals surface area (Å²) in [5.41, 5.74) is 12.6. The largest absolute Gasteiger partial charge is 0.333 e. The van der Waals surface area contributed by atoms with E-state index in [9.17, 15) is 0 Å². The molecule has 0 saturated heterocycles. The molecule has 2 atom stereocenters. The molecule has 0 N–H and O–H groups in total. The van der Waals surface area contributed by atoms with Crippen LogP contribution in [0.2, 0.25) is 0 Å². The van der Waals surface area contributed by atoms with Crippen molar-refractivity contribution in [2.45, 2.75) is 12.0 Å². The minimum atomic E-state index is 0.213. The van der Waals surface area contributed by atoms with Gasteiger partial charge in [0.1, 0.15) is 0 Å². The summed E-state index contributed by atoms with van der Waals surface area (Å²) < 4.78 is 2.46. The Morgan fingerprint density at radius 2 is 1.08 bits per heavy atom. The predicted octanol–water partition coefficient (Wildman–Crippen LogP) is 12.0. The summed E-state index contributed by atoms with van der Waals surface area (Å²) in [5, 5.41) is 5.07. The van der Waals surface area contributed by atoms with E-state index in [1.54, 1.807) is 0 Å². The van der Waals surface area contributed by atoms with Gasteiger partial charge in [-0.2, -0.15) is 0 Å². The standard InChI is InChI=1S/C46H32N2/c1-2-13-31(14-3-1)32-27-29-34(30-28-32)47-41-22-8-6-18-38(41)45-36(20-11-25-43(45)47)37-21-12-26-44-46(37)39-19-7-9-23-42(39)48(44)40-24-10-16-33-15-4-5-17-35(33)40/h1-30,38,41H. The van der Waals surface area contributed by atoms with Gasteiger partial charge in [-0.15, -0.1) is 0 Å². The van der Waals surface area contributed by atoms with Crippen LogP contribution in [0.3, 0.4) is 0 Å². The summed E-state index contributed by atoms with van der Waals surface area (Å²) in [4.78, 5) is 2.54. The number of benzene rings is 7. The van der Waals surface area contributed by atoms with E-state index in [4.69, 9.17) is 0 Å². The highest BCUT2D eigenvalue weighted by Crippen LogP contribution is 2.52. The van der Waals surface area contributed by atoms with E-state index in [0.717, 1.165) is 0 Å². The molecule has 0 saturated carbocycles. The lowest BCUT2D eigenvalue weighted by molar-refractivity contribution is 0.745. The maximum absolute atomic E-state index is 2.54. The lowest BCUT2D eigenvalue weighted by Crippen LogP contribution is -2.28. The number of allylic oxidation sites excluding steroid dienone is 2. The van der Waals surface area contributed by atoms with Gasteiger partial charge in [0.25, 0.3) is 0 Å². The third kappa shape index (κ3) is 3.99. The summed E-state index contributed by atoms with van der Waals surface area (Å²) in [6.45, 7) is 0. The number of para-hydroxylation sites is 1. The highest BCUT2D eigenvalue weighted by molar-refractivity contribution is 6.17. The third-order valence-corrected chi connectivity index (χ3v) is 10.3. The minimum Gasteiger partial charge on any atom is -0.333 e. The van der Waals surface area contributed by atoms with Crippen molar-refractivity contribution in [1.29, 1.82) is 0 Å². The molecule has 0 spiro atoms. The molecule has 10 rings (SSSR count). The molecular formula is C46H32N2. The normalized spacial score (nSPS) is 16.5. The van der Waals surface area contributed by atoms with Crippen LogP contribution in [0.5, 0.6) is 0 Å². The second-order valence-electron chi connectivity index (χ2n) is 12.9. The van der Waals surface area contributed by atoms with Crippen LogP contribution < -0.4 is 4.90 Å². The van der Waals surface area contributed by atoms with Crippen LogP contribution in [0.4, 0.5) is 11.4 Å². The molecule has 1 aliphatic carbocycles. The van der Waals surface area contributed by atoms with Crippen LogP contribution in [0, 0.1) is 0 Å². The number of rotatable bonds is 4. The molecule has 2 nitrogen and oxygen atoms in total. The maximum Gasteiger partial charge on any atom is 0.0629 e. The second-order valence-corrected chi connectivity index (χ2v) is 12.9. The molecule has 48 heavy (non-hydrogen) atoms. The number of nitrogens with zero attached hydrogens (tertiary/aromatic N) is 2. The fourth-order valence-corrected chi connectivity index (χ4v) is 8.28. The van der Waals surface area contributed by atoms with Gasteiger partial charge in [0, 0.05) is 33.5 Å². The zero-order chi connectivity index (χ0) is 31.6. The minimum absolute atomic E-state index is 0.213. The Kier molecular flexibility index (Phi) is 6.04. The van der Waals surface area contributed by atoms with Crippen molar-refractivity contribution >= 4 is 44.0 Å². The summed E-state index contributed by atoms with van der Waals surface area (Å²) in [5.74, 6) is 0.247. The van der Waals surface area contributed by atoms with Gasteiger partial charge in [0.05, 0.1) is 22.8 Å². The van der Waals surface area contributed by atoms with E-state index >= 15 is 0 Å². The first kappa shape index (κ1) is 27.0. The Morgan fingerprint density at radius 3 is 1.98 bits per heavy atom. The molecule has 2 unspecified atom stereocenters. The topological polar surface area (TPSA) is 8.17 Å². The van der Waals surface area contributed by atoms with E-state index in [-0.39, 0.29) is 12.0 Å². The summed E-state index contributed by atoms with van der Waals surface area (Å²) in [6, 6.07) is 57.9. The Hall–Kier alpha value is -6.12. The van der Waals surface area contributed by atoms with E-state index in [1.165, 1.54) is 77.5 Å². The van der Waals surface area contributed by atoms with E-state index in [2.05, 4.69) is 191 Å². The van der Waals surface area contributed by atoms with Crippen LogP contribution in [0.15, 0.2) is 182 Å². The molecule has 0 fully saturated rings. The van der Waals surface area contributed by atoms with Crippen molar-refractivity contribution in [3.63, 3.8) is 0 Å². The Bertz CT molecular complexity index is 2560. The second kappa shape index (κ2) is 10.7. The molecule has 0 radical (unpaired) electrons. The molecule has 2 aliphatic rings. The zero-order valence-corrected chi connectivity index (χ0v) is 26.4. The fourth-order valence-electron chi connectivity index (χ4n) is 8.28. The number of aromatic nitrogens is 1. The molecule has 226 valence electrons. The number of fused-ring (bicyclic) bond motifs is 7. The lowest BCUT2D eigenvalue weighted by atomic mass is 9.85. The molecule has 0 bridgehead atoms. The average molecular weight is 613 g/mol. The smallest absolute Gasteiger partial charge is 0.0629 e. The Morgan fingerprint density at radius 1 is 0.438 bits per heavy atom. The number of hydrogen-bond acceptors (Lipinski definition) is 1. The Labute approximate surface area is 280 Å². The van der Waals surface area contributed by atoms with Gasteiger partial charge >= 0.3 is 0 Å². The van der Waals surface area contributed by atoms with Crippen LogP contribution in [-0.4, -0.2) is 10.6 Å². The van der Waals surface area contributed by atoms with Crippen molar-refractivity contribution in [2.75, 3.05) is 4.90 Å². The van der Waals surface area contributed by atoms with Gasteiger partial charge in [-0.25, -0.2) is 0 Å². The molecule has 2 heteroatoms. The maximum atomic E-state index is 2.54. The van der Waals surface area contributed by atoms with Gasteiger partial charge in [-0.1, -0.05) is 146 Å². The molecule has 8 aromatic rings. The molecule has 1 aromatic heterocycles. The van der Waals surface area contributed by atoms with E-state index < -0.39 is 0 Å². The number of anilines is 2. The highest BCUT2D eigenvalue weighted by atomic mass is 15.2. The third-order valence-electron chi connectivity index (χ3n) is 10.3. The van der Waals surface area contributed by atoms with Crippen molar-refractivity contribution in [3.05, 3.63) is 188 Å². The van der Waals surface area contributed by atoms with Crippen molar-refractivity contribution in [3.8, 4) is 27.9 Å². The van der Waals surface area contributed by atoms with Crippen LogP contribution in [0.25, 0.3) is 60.5 Å². The van der Waals surface area contributed by atoms with Crippen molar-refractivity contribution < 1.29 is 0 Å². The highest BCUT2D eigenvalue weighted by Gasteiger charge is 2.39. The quantitative estimate of drug-likeness (QED) is 0.192. The first-order valence-corrected chi connectivity index (χ1v) is 16.8. The monoisotopic (exact) mass is 612 g/mol. The summed E-state index contributed by atoms with van der Waals surface area (Å²) in [6.07, 6.45) is 9.19. The van der Waals surface area contributed by atoms with Crippen LogP contribution in [0.1, 0.15) is 11.5 Å². The van der Waals surface area contributed by atoms with E-state index in [0.29, 0.717) is 0 Å². The Balaban J connectivity index is 1.19. The molecule has 7 aromatic carbocycles. The van der Waals surface area contributed by atoms with Gasteiger partial charge in [-0.3, -0.25) is 0 Å². The summed E-state index contributed by atoms with van der Waals surface area (Å²) in [7, 11) is 0. The van der Waals surface area contributed by atoms with Gasteiger partial charge in [0.15, 0.2) is 0 Å². The van der Waals surface area contributed by atoms with E-state index in [1.807, 2.05) is 0 Å².